The van der Waals surface area contributed by atoms with E-state index in [1.54, 1.807) is 31.3 Å². The molecule has 2 rings (SSSR count). The highest BCUT2D eigenvalue weighted by Crippen LogP contribution is 2.38. The fraction of sp³-hybridized carbons (Fsp3) is 0.471. The molecule has 3 atom stereocenters. The molecule has 1 saturated carbocycles. The molecule has 136 valence electrons. The van der Waals surface area contributed by atoms with Gasteiger partial charge in [-0.2, -0.15) is 0 Å². The first-order valence-corrected chi connectivity index (χ1v) is 8.35. The van der Waals surface area contributed by atoms with Crippen molar-refractivity contribution in [3.05, 3.63) is 34.9 Å². The quantitative estimate of drug-likeness (QED) is 0.646. The smallest absolute Gasteiger partial charge is 0.324 e. The first-order valence-electron chi connectivity index (χ1n) is 7.98. The molecule has 0 spiro atoms. The van der Waals surface area contributed by atoms with E-state index in [-0.39, 0.29) is 5.78 Å². The molecule has 1 aliphatic carbocycles. The number of carbonyl (C=O) groups is 3. The van der Waals surface area contributed by atoms with Crippen LogP contribution >= 0.6 is 11.6 Å². The van der Waals surface area contributed by atoms with E-state index in [2.05, 4.69) is 5.32 Å². The third kappa shape index (κ3) is 4.00. The molecular weight excluding hydrogens is 348 g/mol. The zero-order valence-electron chi connectivity index (χ0n) is 13.8. The number of rotatable bonds is 6. The summed E-state index contributed by atoms with van der Waals surface area (Å²) in [6.07, 6.45) is -0.0462. The fourth-order valence-electron chi connectivity index (χ4n) is 3.15. The molecule has 1 fully saturated rings. The number of nitrogens with two attached hydrogens (primary N) is 1. The Morgan fingerprint density at radius 2 is 2.16 bits per heavy atom. The summed E-state index contributed by atoms with van der Waals surface area (Å²) in [5.74, 6) is -2.42. The van der Waals surface area contributed by atoms with Crippen LogP contribution in [-0.4, -0.2) is 42.0 Å². The fourth-order valence-corrected chi connectivity index (χ4v) is 3.45. The maximum atomic E-state index is 13.1. The molecule has 1 aromatic rings. The number of aliphatic carboxylic acids is 1. The number of benzene rings is 1. The second-order valence-electron chi connectivity index (χ2n) is 6.02. The summed E-state index contributed by atoms with van der Waals surface area (Å²) >= 11 is 6.27. The van der Waals surface area contributed by atoms with Gasteiger partial charge in [0.25, 0.3) is 0 Å². The van der Waals surface area contributed by atoms with Crippen LogP contribution < -0.4 is 11.1 Å². The minimum absolute atomic E-state index is 0.315. The van der Waals surface area contributed by atoms with Gasteiger partial charge in [0, 0.05) is 5.02 Å². The van der Waals surface area contributed by atoms with E-state index >= 15 is 0 Å². The van der Waals surface area contributed by atoms with E-state index in [4.69, 9.17) is 27.2 Å². The number of halogens is 1. The maximum Gasteiger partial charge on any atom is 0.324 e. The molecule has 8 heteroatoms. The molecule has 7 nitrogen and oxygen atoms in total. The van der Waals surface area contributed by atoms with Gasteiger partial charge in [-0.3, -0.25) is 14.4 Å². The second kappa shape index (κ2) is 7.95. The first-order chi connectivity index (χ1) is 11.8. The van der Waals surface area contributed by atoms with Gasteiger partial charge < -0.3 is 20.9 Å². The van der Waals surface area contributed by atoms with Crippen LogP contribution in [0.4, 0.5) is 0 Å². The number of carboxylic acid groups (broad SMARTS) is 1. The minimum Gasteiger partial charge on any atom is -0.481 e. The Bertz CT molecular complexity index is 681. The molecule has 0 bridgehead atoms. The van der Waals surface area contributed by atoms with Gasteiger partial charge in [-0.05, 0) is 37.9 Å². The predicted molar refractivity (Wildman–Crippen MR) is 91.2 cm³/mol. The summed E-state index contributed by atoms with van der Waals surface area (Å²) in [4.78, 5) is 35.7. The molecule has 0 aromatic heterocycles. The lowest BCUT2D eigenvalue weighted by molar-refractivity contribution is -0.162. The summed E-state index contributed by atoms with van der Waals surface area (Å²) < 4.78 is 5.22. The van der Waals surface area contributed by atoms with Gasteiger partial charge in [-0.15, -0.1) is 0 Å². The van der Waals surface area contributed by atoms with Crippen molar-refractivity contribution < 1.29 is 24.2 Å². The number of hydrogen-bond acceptors (Lipinski definition) is 6. The van der Waals surface area contributed by atoms with E-state index in [0.29, 0.717) is 29.8 Å². The SMILES string of the molecule is CN[C@@]1(c2ccccc2Cl)CCC[C@@H](OC(=O)[C@@H](N)CC(=O)O)C1=O. The lowest BCUT2D eigenvalue weighted by Gasteiger charge is -2.39. The number of carbonyl (C=O) groups excluding carboxylic acids is 2. The first kappa shape index (κ1) is 19.4. The van der Waals surface area contributed by atoms with E-state index < -0.39 is 36.0 Å². The maximum absolute atomic E-state index is 13.1. The van der Waals surface area contributed by atoms with Gasteiger partial charge in [-0.25, -0.2) is 0 Å². The minimum atomic E-state index is -1.31. The molecule has 1 aliphatic rings. The highest BCUT2D eigenvalue weighted by atomic mass is 35.5. The van der Waals surface area contributed by atoms with Crippen molar-refractivity contribution in [3.63, 3.8) is 0 Å². The van der Waals surface area contributed by atoms with Crippen molar-refractivity contribution in [2.45, 2.75) is 43.4 Å². The monoisotopic (exact) mass is 368 g/mol. The Balaban J connectivity index is 2.23. The van der Waals surface area contributed by atoms with Crippen LogP contribution in [0.15, 0.2) is 24.3 Å². The Morgan fingerprint density at radius 1 is 1.48 bits per heavy atom. The second-order valence-corrected chi connectivity index (χ2v) is 6.43. The van der Waals surface area contributed by atoms with E-state index in [0.717, 1.165) is 0 Å². The van der Waals surface area contributed by atoms with Gasteiger partial charge in [-0.1, -0.05) is 29.8 Å². The molecule has 0 unspecified atom stereocenters. The molecule has 0 aliphatic heterocycles. The van der Waals surface area contributed by atoms with Crippen LogP contribution in [0.25, 0.3) is 0 Å². The number of Topliss-reactive ketones (excluding diaryl/α,β-unsaturated/α-hetero) is 1. The standard InChI is InChI=1S/C17H21ClN2O5/c1-20-17(10-5-2-3-6-11(10)18)8-4-7-13(15(17)23)25-16(24)12(19)9-14(21)22/h2-3,5-6,12-13,20H,4,7-9,19H2,1H3,(H,21,22)/t12-,13+,17+/m0/s1. The largest absolute Gasteiger partial charge is 0.481 e. The van der Waals surface area contributed by atoms with Crippen LogP contribution in [0.2, 0.25) is 5.02 Å². The van der Waals surface area contributed by atoms with Crippen LogP contribution in [0, 0.1) is 0 Å². The van der Waals surface area contributed by atoms with E-state index in [1.165, 1.54) is 0 Å². The van der Waals surface area contributed by atoms with E-state index in [9.17, 15) is 14.4 Å². The van der Waals surface area contributed by atoms with Crippen LogP contribution in [-0.2, 0) is 24.7 Å². The number of likely N-dealkylation sites (N-methyl/N-ethyl adjacent to an activating group) is 1. The molecule has 0 radical (unpaired) electrons. The number of ketones is 1. The topological polar surface area (TPSA) is 119 Å². The van der Waals surface area contributed by atoms with Gasteiger partial charge in [0.2, 0.25) is 0 Å². The Kier molecular flexibility index (Phi) is 6.16. The molecule has 1 aromatic carbocycles. The van der Waals surface area contributed by atoms with Crippen LogP contribution in [0.3, 0.4) is 0 Å². The molecule has 4 N–H and O–H groups in total. The lowest BCUT2D eigenvalue weighted by atomic mass is 9.74. The normalized spacial score (nSPS) is 24.6. The molecular formula is C17H21ClN2O5. The molecule has 25 heavy (non-hydrogen) atoms. The number of hydrogen-bond donors (Lipinski definition) is 3. The zero-order chi connectivity index (χ0) is 18.6. The summed E-state index contributed by atoms with van der Waals surface area (Å²) in [5.41, 5.74) is 5.08. The molecule has 0 saturated heterocycles. The number of ether oxygens (including phenoxy) is 1. The lowest BCUT2D eigenvalue weighted by Crippen LogP contribution is -2.56. The van der Waals surface area contributed by atoms with Crippen molar-refractivity contribution in [3.8, 4) is 0 Å². The summed E-state index contributed by atoms with van der Waals surface area (Å²) in [5, 5.41) is 12.2. The van der Waals surface area contributed by atoms with Gasteiger partial charge in [0.05, 0.1) is 6.42 Å². The molecule has 0 heterocycles. The van der Waals surface area contributed by atoms with Gasteiger partial charge in [0.15, 0.2) is 11.9 Å². The number of esters is 1. The van der Waals surface area contributed by atoms with Crippen molar-refractivity contribution in [1.29, 1.82) is 0 Å². The van der Waals surface area contributed by atoms with Gasteiger partial charge in [0.1, 0.15) is 11.6 Å². The zero-order valence-corrected chi connectivity index (χ0v) is 14.6. The average molecular weight is 369 g/mol. The third-order valence-corrected chi connectivity index (χ3v) is 4.78. The highest BCUT2D eigenvalue weighted by molar-refractivity contribution is 6.31. The number of nitrogens with one attached hydrogen (secondary N) is 1. The summed E-state index contributed by atoms with van der Waals surface area (Å²) in [6.45, 7) is 0. The molecule has 0 amide bonds. The Hall–Kier alpha value is -1.96. The Morgan fingerprint density at radius 3 is 2.76 bits per heavy atom. The van der Waals surface area contributed by atoms with Crippen molar-refractivity contribution in [1.82, 2.24) is 5.32 Å². The summed E-state index contributed by atoms with van der Waals surface area (Å²) in [6, 6.07) is 5.70. The van der Waals surface area contributed by atoms with Crippen molar-refractivity contribution in [2.75, 3.05) is 7.05 Å². The van der Waals surface area contributed by atoms with Crippen molar-refractivity contribution in [2.24, 2.45) is 5.73 Å². The van der Waals surface area contributed by atoms with Crippen LogP contribution in [0.1, 0.15) is 31.2 Å². The van der Waals surface area contributed by atoms with Crippen molar-refractivity contribution >= 4 is 29.3 Å². The number of carboxylic acids is 1. The van der Waals surface area contributed by atoms with E-state index in [1.807, 2.05) is 0 Å². The Labute approximate surface area is 150 Å². The third-order valence-electron chi connectivity index (χ3n) is 4.45. The predicted octanol–water partition coefficient (Wildman–Crippen LogP) is 1.22. The van der Waals surface area contributed by atoms with Crippen LogP contribution in [0.5, 0.6) is 0 Å². The summed E-state index contributed by atoms with van der Waals surface area (Å²) in [7, 11) is 1.65. The average Bonchev–Trinajstić information content (AvgIpc) is 2.57. The van der Waals surface area contributed by atoms with Gasteiger partial charge >= 0.3 is 11.9 Å². The highest BCUT2D eigenvalue weighted by Gasteiger charge is 2.47.